The van der Waals surface area contributed by atoms with Crippen molar-refractivity contribution < 1.29 is 23.4 Å². The zero-order chi connectivity index (χ0) is 20.8. The lowest BCUT2D eigenvalue weighted by atomic mass is 9.97. The molecule has 3 rings (SSSR count). The van der Waals surface area contributed by atoms with Crippen LogP contribution in [-0.4, -0.2) is 24.9 Å². The highest BCUT2D eigenvalue weighted by Gasteiger charge is 2.20. The zero-order valence-electron chi connectivity index (χ0n) is 15.9. The third kappa shape index (κ3) is 5.32. The molecular weight excluding hydrogens is 398 g/mol. The summed E-state index contributed by atoms with van der Waals surface area (Å²) in [7, 11) is 1.41. The molecule has 0 aliphatic rings. The second kappa shape index (κ2) is 9.83. The van der Waals surface area contributed by atoms with Gasteiger partial charge in [0.15, 0.2) is 0 Å². The molecule has 0 unspecified atom stereocenters. The maximum absolute atomic E-state index is 14.4. The number of aliphatic hydroxyl groups excluding tert-OH is 1. The molecule has 0 saturated carbocycles. The number of ether oxygens (including phenoxy) is 2. The number of benzene rings is 3. The number of halogens is 3. The van der Waals surface area contributed by atoms with Gasteiger partial charge in [-0.2, -0.15) is 0 Å². The second-order valence-electron chi connectivity index (χ2n) is 6.60. The molecule has 0 aliphatic heterocycles. The molecule has 0 fully saturated rings. The van der Waals surface area contributed by atoms with Gasteiger partial charge < -0.3 is 14.6 Å². The molecule has 1 N–H and O–H groups in total. The lowest BCUT2D eigenvalue weighted by molar-refractivity contribution is 0.0286. The van der Waals surface area contributed by atoms with Crippen molar-refractivity contribution in [3.05, 3.63) is 88.4 Å². The van der Waals surface area contributed by atoms with Crippen LogP contribution in [0.5, 0.6) is 5.75 Å². The van der Waals surface area contributed by atoms with Gasteiger partial charge in [0.05, 0.1) is 31.5 Å². The first-order chi connectivity index (χ1) is 14.0. The highest BCUT2D eigenvalue weighted by molar-refractivity contribution is 6.33. The maximum Gasteiger partial charge on any atom is 0.132 e. The van der Waals surface area contributed by atoms with Crippen LogP contribution in [0.15, 0.2) is 60.7 Å². The van der Waals surface area contributed by atoms with E-state index < -0.39 is 17.7 Å². The Hall–Kier alpha value is -2.47. The Morgan fingerprint density at radius 3 is 2.48 bits per heavy atom. The van der Waals surface area contributed by atoms with E-state index in [1.165, 1.54) is 37.4 Å². The van der Waals surface area contributed by atoms with Gasteiger partial charge in [-0.3, -0.25) is 0 Å². The summed E-state index contributed by atoms with van der Waals surface area (Å²) in [4.78, 5) is 0. The van der Waals surface area contributed by atoms with Crippen molar-refractivity contribution in [3.63, 3.8) is 0 Å². The van der Waals surface area contributed by atoms with Gasteiger partial charge in [0, 0.05) is 23.1 Å². The summed E-state index contributed by atoms with van der Waals surface area (Å²) in [5, 5.41) is 10.5. The fourth-order valence-electron chi connectivity index (χ4n) is 3.18. The predicted molar refractivity (Wildman–Crippen MR) is 109 cm³/mol. The molecule has 0 spiro atoms. The normalized spacial score (nSPS) is 12.0. The van der Waals surface area contributed by atoms with Crippen molar-refractivity contribution >= 4 is 11.6 Å². The average molecular weight is 419 g/mol. The van der Waals surface area contributed by atoms with Crippen molar-refractivity contribution in [1.82, 2.24) is 0 Å². The van der Waals surface area contributed by atoms with Crippen LogP contribution in [-0.2, 0) is 17.8 Å². The van der Waals surface area contributed by atoms with E-state index in [2.05, 4.69) is 0 Å². The summed E-state index contributed by atoms with van der Waals surface area (Å²) >= 11 is 6.14. The highest BCUT2D eigenvalue weighted by atomic mass is 35.5. The molecule has 152 valence electrons. The van der Waals surface area contributed by atoms with Gasteiger partial charge in [0.1, 0.15) is 17.4 Å². The number of rotatable bonds is 8. The summed E-state index contributed by atoms with van der Waals surface area (Å²) < 4.78 is 39.6. The topological polar surface area (TPSA) is 38.7 Å². The summed E-state index contributed by atoms with van der Waals surface area (Å²) in [5.41, 5.74) is 1.64. The van der Waals surface area contributed by atoms with Crippen molar-refractivity contribution in [3.8, 4) is 16.9 Å². The largest absolute Gasteiger partial charge is 0.496 e. The van der Waals surface area contributed by atoms with E-state index in [0.29, 0.717) is 12.2 Å². The molecule has 3 nitrogen and oxygen atoms in total. The van der Waals surface area contributed by atoms with Crippen molar-refractivity contribution in [2.75, 3.05) is 13.7 Å². The molecule has 3 aromatic rings. The van der Waals surface area contributed by atoms with E-state index in [9.17, 15) is 13.9 Å². The molecule has 0 aromatic heterocycles. The fourth-order valence-corrected chi connectivity index (χ4v) is 3.45. The zero-order valence-corrected chi connectivity index (χ0v) is 16.6. The van der Waals surface area contributed by atoms with Crippen molar-refractivity contribution in [2.45, 2.75) is 19.1 Å². The molecule has 0 heterocycles. The molecule has 0 aliphatic carbocycles. The third-order valence-corrected chi connectivity index (χ3v) is 4.76. The highest BCUT2D eigenvalue weighted by Crippen LogP contribution is 2.39. The van der Waals surface area contributed by atoms with Gasteiger partial charge in [0.25, 0.3) is 0 Å². The predicted octanol–water partition coefficient (Wildman–Crippen LogP) is 5.41. The lowest BCUT2D eigenvalue weighted by Gasteiger charge is -2.18. The van der Waals surface area contributed by atoms with E-state index in [0.717, 1.165) is 5.56 Å². The van der Waals surface area contributed by atoms with Crippen LogP contribution in [0.3, 0.4) is 0 Å². The Kier molecular flexibility index (Phi) is 7.20. The van der Waals surface area contributed by atoms with Gasteiger partial charge in [-0.25, -0.2) is 8.78 Å². The Morgan fingerprint density at radius 1 is 1.03 bits per heavy atom. The molecule has 0 bridgehead atoms. The maximum atomic E-state index is 14.4. The summed E-state index contributed by atoms with van der Waals surface area (Å²) in [6.07, 6.45) is -0.812. The van der Waals surface area contributed by atoms with Crippen molar-refractivity contribution in [2.24, 2.45) is 0 Å². The van der Waals surface area contributed by atoms with Gasteiger partial charge in [-0.15, -0.1) is 0 Å². The van der Waals surface area contributed by atoms with E-state index in [1.807, 2.05) is 30.3 Å². The summed E-state index contributed by atoms with van der Waals surface area (Å²) in [6.45, 7) is 0.415. The lowest BCUT2D eigenvalue weighted by Crippen LogP contribution is -2.19. The second-order valence-corrected chi connectivity index (χ2v) is 7.01. The van der Waals surface area contributed by atoms with E-state index in [4.69, 9.17) is 21.1 Å². The molecule has 3 aromatic carbocycles. The third-order valence-electron chi connectivity index (χ3n) is 4.44. The average Bonchev–Trinajstić information content (AvgIpc) is 2.68. The first-order valence-corrected chi connectivity index (χ1v) is 9.48. The van der Waals surface area contributed by atoms with Gasteiger partial charge in [0.2, 0.25) is 0 Å². The van der Waals surface area contributed by atoms with Crippen LogP contribution in [0.4, 0.5) is 8.78 Å². The minimum atomic E-state index is -0.890. The van der Waals surface area contributed by atoms with Gasteiger partial charge in [-0.05, 0) is 29.8 Å². The molecule has 29 heavy (non-hydrogen) atoms. The molecule has 0 radical (unpaired) electrons. The number of aliphatic hydroxyl groups is 1. The Bertz CT molecular complexity index is 944. The van der Waals surface area contributed by atoms with E-state index in [-0.39, 0.29) is 34.9 Å². The summed E-state index contributed by atoms with van der Waals surface area (Å²) in [6, 6.07) is 16.2. The van der Waals surface area contributed by atoms with Gasteiger partial charge in [-0.1, -0.05) is 48.0 Å². The monoisotopic (exact) mass is 418 g/mol. The molecule has 0 saturated heterocycles. The first-order valence-electron chi connectivity index (χ1n) is 9.10. The van der Waals surface area contributed by atoms with Crippen LogP contribution >= 0.6 is 11.6 Å². The van der Waals surface area contributed by atoms with E-state index in [1.54, 1.807) is 0 Å². The van der Waals surface area contributed by atoms with Gasteiger partial charge >= 0.3 is 0 Å². The van der Waals surface area contributed by atoms with Crippen LogP contribution in [0.25, 0.3) is 11.1 Å². The number of hydrogen-bond donors (Lipinski definition) is 1. The smallest absolute Gasteiger partial charge is 0.132 e. The van der Waals surface area contributed by atoms with Crippen LogP contribution in [0.2, 0.25) is 5.02 Å². The Morgan fingerprint density at radius 2 is 1.79 bits per heavy atom. The van der Waals surface area contributed by atoms with Crippen LogP contribution in [0.1, 0.15) is 11.1 Å². The van der Waals surface area contributed by atoms with Crippen LogP contribution in [0, 0.1) is 11.6 Å². The minimum Gasteiger partial charge on any atom is -0.496 e. The molecule has 0 amide bonds. The summed E-state index contributed by atoms with van der Waals surface area (Å²) in [5.74, 6) is -0.896. The fraction of sp³-hybridized carbons (Fsp3) is 0.217. The molecular formula is C23H21ClF2O3. The minimum absolute atomic E-state index is 0.0570. The molecule has 6 heteroatoms. The Labute approximate surface area is 173 Å². The van der Waals surface area contributed by atoms with Crippen molar-refractivity contribution in [1.29, 1.82) is 0 Å². The van der Waals surface area contributed by atoms with Crippen LogP contribution < -0.4 is 4.74 Å². The SMILES string of the molecule is COc1c(C[C@H](O)COCc2ccccc2)cc(F)cc1-c1c(F)cccc1Cl. The van der Waals surface area contributed by atoms with E-state index >= 15 is 0 Å². The first kappa shape index (κ1) is 21.2. The number of methoxy groups -OCH3 is 1. The standard InChI is InChI=1S/C23H21ClF2O3/c1-28-23-16(11-18(27)14-29-13-15-6-3-2-4-7-15)10-17(25)12-19(23)22-20(24)8-5-9-21(22)26/h2-10,12,18,27H,11,13-14H2,1H3/t18-/m0/s1. The molecule has 1 atom stereocenters. The quantitative estimate of drug-likeness (QED) is 0.531. The number of hydrogen-bond acceptors (Lipinski definition) is 3. The Balaban J connectivity index is 1.79.